The van der Waals surface area contributed by atoms with E-state index in [0.717, 1.165) is 6.54 Å². The van der Waals surface area contributed by atoms with E-state index >= 15 is 0 Å². The minimum Gasteiger partial charge on any atom is -0.350 e. The zero-order valence-corrected chi connectivity index (χ0v) is 13.8. The molecule has 0 aliphatic carbocycles. The predicted octanol–water partition coefficient (Wildman–Crippen LogP) is 2.78. The molecule has 1 amide bonds. The maximum absolute atomic E-state index is 13.0. The number of hydrogen-bond acceptors (Lipinski definition) is 3. The molecule has 0 radical (unpaired) electrons. The summed E-state index contributed by atoms with van der Waals surface area (Å²) in [7, 11) is 0. The number of benzene rings is 2. The lowest BCUT2D eigenvalue weighted by Crippen LogP contribution is -2.39. The molecule has 0 aliphatic heterocycles. The van der Waals surface area contributed by atoms with Crippen molar-refractivity contribution in [1.29, 1.82) is 0 Å². The molecule has 126 valence electrons. The lowest BCUT2D eigenvalue weighted by Gasteiger charge is -2.14. The van der Waals surface area contributed by atoms with Crippen LogP contribution in [0.3, 0.4) is 0 Å². The third-order valence-electron chi connectivity index (χ3n) is 3.64. The van der Waals surface area contributed by atoms with E-state index in [9.17, 15) is 14.0 Å². The lowest BCUT2D eigenvalue weighted by atomic mass is 9.98. The number of halogens is 1. The Morgan fingerprint density at radius 3 is 2.29 bits per heavy atom. The number of likely N-dealkylation sites (N-methyl/N-ethyl adjacent to an activating group) is 1. The van der Waals surface area contributed by atoms with Crippen LogP contribution in [0.5, 0.6) is 0 Å². The number of hydrogen-bond donors (Lipinski definition) is 2. The summed E-state index contributed by atoms with van der Waals surface area (Å²) in [5.41, 5.74) is 0.964. The van der Waals surface area contributed by atoms with Crippen LogP contribution in [0.2, 0.25) is 0 Å². The summed E-state index contributed by atoms with van der Waals surface area (Å²) in [6.45, 7) is 5.25. The van der Waals surface area contributed by atoms with Crippen LogP contribution in [-0.4, -0.2) is 30.8 Å². The van der Waals surface area contributed by atoms with Crippen molar-refractivity contribution in [2.24, 2.45) is 0 Å². The van der Waals surface area contributed by atoms with Gasteiger partial charge in [-0.15, -0.1) is 0 Å². The first-order valence-electron chi connectivity index (χ1n) is 7.93. The van der Waals surface area contributed by atoms with Gasteiger partial charge >= 0.3 is 0 Å². The van der Waals surface area contributed by atoms with E-state index in [1.165, 1.54) is 24.3 Å². The van der Waals surface area contributed by atoms with E-state index in [1.807, 2.05) is 13.8 Å². The van der Waals surface area contributed by atoms with Gasteiger partial charge in [0.1, 0.15) is 5.82 Å². The van der Waals surface area contributed by atoms with E-state index < -0.39 is 5.82 Å². The lowest BCUT2D eigenvalue weighted by molar-refractivity contribution is 0.0939. The van der Waals surface area contributed by atoms with Gasteiger partial charge in [0, 0.05) is 23.7 Å². The Labute approximate surface area is 141 Å². The quantitative estimate of drug-likeness (QED) is 0.769. The average Bonchev–Trinajstić information content (AvgIpc) is 2.60. The second kappa shape index (κ2) is 8.36. The Morgan fingerprint density at radius 2 is 1.67 bits per heavy atom. The van der Waals surface area contributed by atoms with Gasteiger partial charge in [0.15, 0.2) is 5.78 Å². The fourth-order valence-electron chi connectivity index (χ4n) is 2.40. The maximum Gasteiger partial charge on any atom is 0.252 e. The van der Waals surface area contributed by atoms with Crippen LogP contribution in [0.4, 0.5) is 4.39 Å². The van der Waals surface area contributed by atoms with Gasteiger partial charge in [-0.2, -0.15) is 0 Å². The number of nitrogens with one attached hydrogen (secondary N) is 2. The maximum atomic E-state index is 13.0. The Morgan fingerprint density at radius 1 is 1.04 bits per heavy atom. The van der Waals surface area contributed by atoms with Crippen molar-refractivity contribution in [1.82, 2.24) is 10.6 Å². The molecule has 0 spiro atoms. The third kappa shape index (κ3) is 4.49. The van der Waals surface area contributed by atoms with Gasteiger partial charge in [0.05, 0.1) is 5.56 Å². The summed E-state index contributed by atoms with van der Waals surface area (Å²) in [6.07, 6.45) is 0. The largest absolute Gasteiger partial charge is 0.350 e. The zero-order valence-electron chi connectivity index (χ0n) is 13.8. The van der Waals surface area contributed by atoms with Gasteiger partial charge in [-0.25, -0.2) is 4.39 Å². The van der Waals surface area contributed by atoms with Gasteiger partial charge in [-0.05, 0) is 43.8 Å². The number of amides is 1. The molecule has 2 N–H and O–H groups in total. The molecule has 0 saturated heterocycles. The highest BCUT2D eigenvalue weighted by molar-refractivity contribution is 6.15. The Bertz CT molecular complexity index is 714. The molecule has 0 aliphatic rings. The SMILES string of the molecule is CCN[C@H](C)CNC(=O)c1ccccc1C(=O)c1ccc(F)cc1. The monoisotopic (exact) mass is 328 g/mol. The van der Waals surface area contributed by atoms with Crippen LogP contribution in [0, 0.1) is 5.82 Å². The minimum atomic E-state index is -0.407. The standard InChI is InChI=1S/C19H21FN2O2/c1-3-21-13(2)12-22-19(24)17-7-5-4-6-16(17)18(23)14-8-10-15(20)11-9-14/h4-11,13,21H,3,12H2,1-2H3,(H,22,24)/t13-/m1/s1. The Balaban J connectivity index is 2.19. The van der Waals surface area contributed by atoms with Crippen molar-refractivity contribution in [3.63, 3.8) is 0 Å². The molecule has 1 atom stereocenters. The van der Waals surface area contributed by atoms with Gasteiger partial charge in [0.2, 0.25) is 0 Å². The van der Waals surface area contributed by atoms with Crippen molar-refractivity contribution in [2.45, 2.75) is 19.9 Å². The minimum absolute atomic E-state index is 0.138. The van der Waals surface area contributed by atoms with E-state index in [1.54, 1.807) is 24.3 Å². The van der Waals surface area contributed by atoms with E-state index in [-0.39, 0.29) is 17.7 Å². The third-order valence-corrected chi connectivity index (χ3v) is 3.64. The molecule has 0 saturated carbocycles. The first kappa shape index (κ1) is 17.8. The molecule has 0 fully saturated rings. The fraction of sp³-hybridized carbons (Fsp3) is 0.263. The van der Waals surface area contributed by atoms with E-state index in [4.69, 9.17) is 0 Å². The number of carbonyl (C=O) groups excluding carboxylic acids is 2. The highest BCUT2D eigenvalue weighted by atomic mass is 19.1. The molecule has 0 unspecified atom stereocenters. The topological polar surface area (TPSA) is 58.2 Å². The van der Waals surface area contributed by atoms with Crippen LogP contribution in [0.1, 0.15) is 40.1 Å². The molecule has 2 aromatic rings. The van der Waals surface area contributed by atoms with Crippen LogP contribution < -0.4 is 10.6 Å². The van der Waals surface area contributed by atoms with Crippen molar-refractivity contribution < 1.29 is 14.0 Å². The molecule has 4 nitrogen and oxygen atoms in total. The van der Waals surface area contributed by atoms with Crippen molar-refractivity contribution in [3.8, 4) is 0 Å². The van der Waals surface area contributed by atoms with Gasteiger partial charge < -0.3 is 10.6 Å². The summed E-state index contributed by atoms with van der Waals surface area (Å²) in [5, 5.41) is 6.03. The summed E-state index contributed by atoms with van der Waals surface area (Å²) in [4.78, 5) is 25.0. The summed E-state index contributed by atoms with van der Waals surface area (Å²) in [6, 6.07) is 12.1. The van der Waals surface area contributed by atoms with Crippen LogP contribution in [0.25, 0.3) is 0 Å². The zero-order chi connectivity index (χ0) is 17.5. The first-order valence-corrected chi connectivity index (χ1v) is 7.93. The molecule has 2 rings (SSSR count). The number of carbonyl (C=O) groups is 2. The second-order valence-corrected chi connectivity index (χ2v) is 5.55. The molecule has 5 heteroatoms. The smallest absolute Gasteiger partial charge is 0.252 e. The van der Waals surface area contributed by atoms with E-state index in [0.29, 0.717) is 23.2 Å². The number of ketones is 1. The highest BCUT2D eigenvalue weighted by Crippen LogP contribution is 2.15. The highest BCUT2D eigenvalue weighted by Gasteiger charge is 2.18. The summed E-state index contributed by atoms with van der Waals surface area (Å²) >= 11 is 0. The van der Waals surface area contributed by atoms with Crippen LogP contribution in [0.15, 0.2) is 48.5 Å². The van der Waals surface area contributed by atoms with Gasteiger partial charge in [-0.3, -0.25) is 9.59 Å². The van der Waals surface area contributed by atoms with E-state index in [2.05, 4.69) is 10.6 Å². The molecular weight excluding hydrogens is 307 g/mol. The molecule has 0 heterocycles. The van der Waals surface area contributed by atoms with Gasteiger partial charge in [-0.1, -0.05) is 25.1 Å². The molecular formula is C19H21FN2O2. The van der Waals surface area contributed by atoms with Crippen molar-refractivity contribution >= 4 is 11.7 Å². The van der Waals surface area contributed by atoms with Crippen molar-refractivity contribution in [2.75, 3.05) is 13.1 Å². The first-order chi connectivity index (χ1) is 11.5. The normalized spacial score (nSPS) is 11.8. The average molecular weight is 328 g/mol. The fourth-order valence-corrected chi connectivity index (χ4v) is 2.40. The van der Waals surface area contributed by atoms with Gasteiger partial charge in [0.25, 0.3) is 5.91 Å². The summed E-state index contributed by atoms with van der Waals surface area (Å²) < 4.78 is 13.0. The van der Waals surface area contributed by atoms with Crippen LogP contribution >= 0.6 is 0 Å². The Hall–Kier alpha value is -2.53. The molecule has 24 heavy (non-hydrogen) atoms. The second-order valence-electron chi connectivity index (χ2n) is 5.55. The number of rotatable bonds is 7. The van der Waals surface area contributed by atoms with Crippen LogP contribution in [-0.2, 0) is 0 Å². The molecule has 0 aromatic heterocycles. The predicted molar refractivity (Wildman–Crippen MR) is 91.7 cm³/mol. The Kier molecular flexibility index (Phi) is 6.21. The van der Waals surface area contributed by atoms with Crippen molar-refractivity contribution in [3.05, 3.63) is 71.0 Å². The summed E-state index contributed by atoms with van der Waals surface area (Å²) in [5.74, 6) is -1.01. The molecule has 0 bridgehead atoms. The molecule has 2 aromatic carbocycles.